The Morgan fingerprint density at radius 2 is 1.68 bits per heavy atom. The third kappa shape index (κ3) is 4.39. The third-order valence-electron chi connectivity index (χ3n) is 7.84. The molecule has 3 aromatic rings. The van der Waals surface area contributed by atoms with Crippen molar-refractivity contribution in [1.82, 2.24) is 10.2 Å². The number of ether oxygens (including phenoxy) is 1. The standard InChI is InChI=1S/C29H29FN2O4S/c1-36-19-14-18(17-33)29(15-19,25-12-6-7-13-26(25)30)31-27(37)32(28(34)35)16-24-22-10-4-2-8-20(22)21-9-3-5-11-23(21)24/h2-13,18-19,24,33H,14-17H2,1H3,(H,31,37)(H,34,35)/t18-,19+,29-/m0/s1. The first kappa shape index (κ1) is 25.3. The van der Waals surface area contributed by atoms with Crippen LogP contribution in [0.1, 0.15) is 35.4 Å². The number of hydrogen-bond donors (Lipinski definition) is 3. The molecule has 192 valence electrons. The van der Waals surface area contributed by atoms with Gasteiger partial charge in [-0.15, -0.1) is 0 Å². The monoisotopic (exact) mass is 520 g/mol. The fourth-order valence-electron chi connectivity index (χ4n) is 6.06. The van der Waals surface area contributed by atoms with Gasteiger partial charge in [0.15, 0.2) is 5.11 Å². The minimum absolute atomic E-state index is 0.0344. The van der Waals surface area contributed by atoms with Gasteiger partial charge in [-0.05, 0) is 47.0 Å². The van der Waals surface area contributed by atoms with E-state index >= 15 is 4.39 Å². The molecule has 0 heterocycles. The minimum atomic E-state index is -1.20. The first-order chi connectivity index (χ1) is 17.9. The molecule has 2 aliphatic carbocycles. The molecular formula is C29H29FN2O4S. The highest BCUT2D eigenvalue weighted by Crippen LogP contribution is 2.47. The summed E-state index contributed by atoms with van der Waals surface area (Å²) in [6, 6.07) is 22.3. The Balaban J connectivity index is 1.51. The molecule has 0 aliphatic heterocycles. The van der Waals surface area contributed by atoms with E-state index < -0.39 is 23.4 Å². The first-order valence-electron chi connectivity index (χ1n) is 12.3. The van der Waals surface area contributed by atoms with Crippen LogP contribution in [0.15, 0.2) is 72.8 Å². The Kier molecular flexibility index (Phi) is 6.98. The number of nitrogens with one attached hydrogen (secondary N) is 1. The van der Waals surface area contributed by atoms with Crippen molar-refractivity contribution in [3.8, 4) is 11.1 Å². The average molecular weight is 521 g/mol. The highest BCUT2D eigenvalue weighted by molar-refractivity contribution is 7.80. The number of carboxylic acid groups (broad SMARTS) is 1. The normalized spacial score (nSPS) is 22.4. The highest BCUT2D eigenvalue weighted by Gasteiger charge is 2.51. The number of aliphatic hydroxyl groups is 1. The number of aliphatic hydroxyl groups excluding tert-OH is 1. The van der Waals surface area contributed by atoms with Gasteiger partial charge in [0.25, 0.3) is 0 Å². The van der Waals surface area contributed by atoms with Gasteiger partial charge in [0, 0.05) is 44.1 Å². The van der Waals surface area contributed by atoms with Crippen molar-refractivity contribution in [1.29, 1.82) is 0 Å². The Hall–Kier alpha value is -3.33. The maximum absolute atomic E-state index is 15.2. The number of nitrogens with zero attached hydrogens (tertiary/aromatic N) is 1. The second kappa shape index (κ2) is 10.2. The smallest absolute Gasteiger partial charge is 0.413 e. The van der Waals surface area contributed by atoms with Crippen molar-refractivity contribution in [2.24, 2.45) is 5.92 Å². The van der Waals surface area contributed by atoms with Crippen molar-refractivity contribution in [2.75, 3.05) is 20.3 Å². The Labute approximate surface area is 220 Å². The quantitative estimate of drug-likeness (QED) is 0.392. The van der Waals surface area contributed by atoms with E-state index in [4.69, 9.17) is 17.0 Å². The summed E-state index contributed by atoms with van der Waals surface area (Å²) in [4.78, 5) is 13.7. The van der Waals surface area contributed by atoms with Crippen LogP contribution >= 0.6 is 12.2 Å². The van der Waals surface area contributed by atoms with E-state index in [0.717, 1.165) is 27.2 Å². The lowest BCUT2D eigenvalue weighted by molar-refractivity contribution is 0.0991. The summed E-state index contributed by atoms with van der Waals surface area (Å²) < 4.78 is 20.7. The lowest BCUT2D eigenvalue weighted by Gasteiger charge is -2.39. The van der Waals surface area contributed by atoms with Gasteiger partial charge in [0.1, 0.15) is 5.82 Å². The maximum atomic E-state index is 15.2. The fraction of sp³-hybridized carbons (Fsp3) is 0.310. The van der Waals surface area contributed by atoms with Crippen molar-refractivity contribution in [3.63, 3.8) is 0 Å². The van der Waals surface area contributed by atoms with Crippen LogP contribution in [-0.4, -0.2) is 52.7 Å². The zero-order valence-electron chi connectivity index (χ0n) is 20.4. The maximum Gasteiger partial charge on any atom is 0.413 e. The highest BCUT2D eigenvalue weighted by atomic mass is 32.1. The summed E-state index contributed by atoms with van der Waals surface area (Å²) in [6.07, 6.45) is -0.644. The van der Waals surface area contributed by atoms with E-state index in [0.29, 0.717) is 18.4 Å². The van der Waals surface area contributed by atoms with E-state index in [1.807, 2.05) is 48.5 Å². The van der Waals surface area contributed by atoms with Crippen molar-refractivity contribution in [3.05, 3.63) is 95.3 Å². The Morgan fingerprint density at radius 3 is 2.24 bits per heavy atom. The van der Waals surface area contributed by atoms with E-state index in [9.17, 15) is 15.0 Å². The van der Waals surface area contributed by atoms with Crippen LogP contribution in [0.4, 0.5) is 9.18 Å². The zero-order valence-corrected chi connectivity index (χ0v) is 21.2. The SMILES string of the molecule is CO[C@@H]1C[C@@H](CO)[C@](NC(=S)N(CC2c3ccccc3-c3ccccc32)C(=O)O)(c2ccccc2F)C1. The summed E-state index contributed by atoms with van der Waals surface area (Å²) >= 11 is 5.70. The molecule has 1 fully saturated rings. The number of carbonyl (C=O) groups is 1. The molecule has 8 heteroatoms. The molecule has 3 atom stereocenters. The molecule has 3 aromatic carbocycles. The molecule has 0 bridgehead atoms. The molecule has 0 unspecified atom stereocenters. The molecule has 5 rings (SSSR count). The molecule has 0 spiro atoms. The van der Waals surface area contributed by atoms with Gasteiger partial charge < -0.3 is 20.3 Å². The van der Waals surface area contributed by atoms with Crippen molar-refractivity contribution in [2.45, 2.75) is 30.4 Å². The van der Waals surface area contributed by atoms with Crippen LogP contribution in [0.5, 0.6) is 0 Å². The van der Waals surface area contributed by atoms with Crippen molar-refractivity contribution >= 4 is 23.4 Å². The largest absolute Gasteiger partial charge is 0.465 e. The number of methoxy groups -OCH3 is 1. The van der Waals surface area contributed by atoms with Gasteiger partial charge in [0.05, 0.1) is 11.6 Å². The Morgan fingerprint density at radius 1 is 1.08 bits per heavy atom. The van der Waals surface area contributed by atoms with Gasteiger partial charge in [-0.25, -0.2) is 9.18 Å². The van der Waals surface area contributed by atoms with Crippen LogP contribution in [0, 0.1) is 11.7 Å². The number of rotatable bonds is 6. The number of amides is 1. The second-order valence-corrected chi connectivity index (χ2v) is 10.1. The lowest BCUT2D eigenvalue weighted by Crippen LogP contribution is -2.56. The number of halogens is 1. The summed E-state index contributed by atoms with van der Waals surface area (Å²) in [5.74, 6) is -1.10. The summed E-state index contributed by atoms with van der Waals surface area (Å²) in [5, 5.41) is 23.7. The molecule has 3 N–H and O–H groups in total. The van der Waals surface area contributed by atoms with Gasteiger partial charge >= 0.3 is 6.09 Å². The molecular weight excluding hydrogens is 491 g/mol. The minimum Gasteiger partial charge on any atom is -0.465 e. The topological polar surface area (TPSA) is 82.0 Å². The number of thiocarbonyl (C=S) groups is 1. The molecule has 2 aliphatic rings. The van der Waals surface area contributed by atoms with Crippen molar-refractivity contribution < 1.29 is 24.1 Å². The molecule has 37 heavy (non-hydrogen) atoms. The summed E-state index contributed by atoms with van der Waals surface area (Å²) in [5.41, 5.74) is 3.43. The lowest BCUT2D eigenvalue weighted by atomic mass is 9.80. The van der Waals surface area contributed by atoms with Crippen LogP contribution in [0.2, 0.25) is 0 Å². The predicted molar refractivity (Wildman–Crippen MR) is 143 cm³/mol. The molecule has 6 nitrogen and oxygen atoms in total. The average Bonchev–Trinajstić information content (AvgIpc) is 3.43. The molecule has 1 saturated carbocycles. The van der Waals surface area contributed by atoms with Gasteiger partial charge in [-0.2, -0.15) is 0 Å². The third-order valence-corrected chi connectivity index (χ3v) is 8.16. The summed E-state index contributed by atoms with van der Waals surface area (Å²) in [6.45, 7) is -0.139. The van der Waals surface area contributed by atoms with E-state index in [1.165, 1.54) is 6.07 Å². The van der Waals surface area contributed by atoms with Crippen LogP contribution < -0.4 is 5.32 Å². The van der Waals surface area contributed by atoms with E-state index in [-0.39, 0.29) is 30.3 Å². The molecule has 0 saturated heterocycles. The number of hydrogen-bond acceptors (Lipinski definition) is 4. The van der Waals surface area contributed by atoms with Gasteiger partial charge in [0.2, 0.25) is 0 Å². The van der Waals surface area contributed by atoms with Crippen LogP contribution in [-0.2, 0) is 10.3 Å². The Bertz CT molecular complexity index is 1290. The van der Waals surface area contributed by atoms with Gasteiger partial charge in [-0.3, -0.25) is 4.90 Å². The molecule has 0 aromatic heterocycles. The predicted octanol–water partition coefficient (Wildman–Crippen LogP) is 5.11. The van der Waals surface area contributed by atoms with E-state index in [2.05, 4.69) is 5.32 Å². The van der Waals surface area contributed by atoms with Crippen LogP contribution in [0.25, 0.3) is 11.1 Å². The first-order valence-corrected chi connectivity index (χ1v) is 12.7. The second-order valence-electron chi connectivity index (χ2n) is 9.68. The summed E-state index contributed by atoms with van der Waals surface area (Å²) in [7, 11) is 1.58. The van der Waals surface area contributed by atoms with Crippen LogP contribution in [0.3, 0.4) is 0 Å². The fourth-order valence-corrected chi connectivity index (χ4v) is 6.39. The number of fused-ring (bicyclic) bond motifs is 3. The van der Waals surface area contributed by atoms with Gasteiger partial charge in [-0.1, -0.05) is 66.7 Å². The van der Waals surface area contributed by atoms with E-state index in [1.54, 1.807) is 25.3 Å². The molecule has 1 amide bonds. The molecule has 0 radical (unpaired) electrons. The zero-order chi connectivity index (χ0) is 26.2. The number of benzene rings is 3.